The quantitative estimate of drug-likeness (QED) is 0.523. The molecule has 1 amide bonds. The highest BCUT2D eigenvalue weighted by molar-refractivity contribution is 7.98. The summed E-state index contributed by atoms with van der Waals surface area (Å²) in [5, 5.41) is 3.05. The molecule has 0 aliphatic heterocycles. The van der Waals surface area contributed by atoms with Crippen molar-refractivity contribution in [1.82, 2.24) is 5.32 Å². The van der Waals surface area contributed by atoms with Gasteiger partial charge in [0.25, 0.3) is 0 Å². The lowest BCUT2D eigenvalue weighted by atomic mass is 10.2. The Labute approximate surface area is 181 Å². The number of halogens is 1. The monoisotopic (exact) mass is 456 g/mol. The number of ether oxygens (including phenoxy) is 1. The van der Waals surface area contributed by atoms with Crippen molar-refractivity contribution in [3.05, 3.63) is 59.1 Å². The van der Waals surface area contributed by atoms with Crippen molar-refractivity contribution in [2.24, 2.45) is 0 Å². The predicted molar refractivity (Wildman–Crippen MR) is 120 cm³/mol. The topological polar surface area (TPSA) is 75.7 Å². The summed E-state index contributed by atoms with van der Waals surface area (Å²) in [7, 11) is -2.18. The number of rotatable bonds is 11. The van der Waals surface area contributed by atoms with E-state index in [-0.39, 0.29) is 17.5 Å². The molecule has 0 unspecified atom stereocenters. The van der Waals surface area contributed by atoms with Crippen LogP contribution in [0.25, 0.3) is 0 Å². The molecule has 0 atom stereocenters. The van der Waals surface area contributed by atoms with E-state index in [9.17, 15) is 13.2 Å². The average molecular weight is 457 g/mol. The van der Waals surface area contributed by atoms with E-state index in [1.54, 1.807) is 23.9 Å². The Morgan fingerprint density at radius 1 is 1.21 bits per heavy atom. The third-order valence-corrected chi connectivity index (χ3v) is 6.56. The summed E-state index contributed by atoms with van der Waals surface area (Å²) >= 11 is 7.88. The van der Waals surface area contributed by atoms with E-state index >= 15 is 0 Å². The van der Waals surface area contributed by atoms with Gasteiger partial charge in [0.2, 0.25) is 15.9 Å². The Kier molecular flexibility index (Phi) is 9.13. The van der Waals surface area contributed by atoms with Crippen LogP contribution in [0.2, 0.25) is 5.02 Å². The minimum absolute atomic E-state index is 0.273. The molecule has 0 aromatic heterocycles. The van der Waals surface area contributed by atoms with E-state index in [0.29, 0.717) is 18.0 Å². The molecule has 158 valence electrons. The van der Waals surface area contributed by atoms with Gasteiger partial charge in [-0.05, 0) is 35.9 Å². The molecule has 0 fully saturated rings. The number of hydrogen-bond acceptors (Lipinski definition) is 5. The first kappa shape index (κ1) is 23.4. The maximum atomic E-state index is 12.3. The Hall–Kier alpha value is -1.90. The number of methoxy groups -OCH3 is 1. The summed E-state index contributed by atoms with van der Waals surface area (Å²) in [6.07, 6.45) is 1.86. The molecule has 0 bridgehead atoms. The molecular formula is C20H25ClN2O4S2. The van der Waals surface area contributed by atoms with Crippen LogP contribution in [0.3, 0.4) is 0 Å². The van der Waals surface area contributed by atoms with E-state index in [0.717, 1.165) is 28.5 Å². The second kappa shape index (κ2) is 11.3. The Bertz CT molecular complexity index is 908. The van der Waals surface area contributed by atoms with Crippen molar-refractivity contribution in [2.75, 3.05) is 36.5 Å². The summed E-state index contributed by atoms with van der Waals surface area (Å²) in [6.45, 7) is 0.181. The number of carbonyl (C=O) groups excluding carboxylic acids is 1. The van der Waals surface area contributed by atoms with Gasteiger partial charge in [-0.15, -0.1) is 0 Å². The predicted octanol–water partition coefficient (Wildman–Crippen LogP) is 3.55. The first-order valence-electron chi connectivity index (χ1n) is 9.01. The molecule has 9 heteroatoms. The molecule has 2 aromatic rings. The van der Waals surface area contributed by atoms with Crippen LogP contribution in [0.5, 0.6) is 5.75 Å². The van der Waals surface area contributed by atoms with E-state index in [2.05, 4.69) is 17.4 Å². The fourth-order valence-electron chi connectivity index (χ4n) is 2.56. The van der Waals surface area contributed by atoms with E-state index in [4.69, 9.17) is 16.3 Å². The molecule has 0 spiro atoms. The summed E-state index contributed by atoms with van der Waals surface area (Å²) < 4.78 is 30.4. The average Bonchev–Trinajstić information content (AvgIpc) is 2.68. The first-order valence-corrected chi connectivity index (χ1v) is 12.4. The van der Waals surface area contributed by atoms with Crippen LogP contribution in [-0.4, -0.2) is 46.5 Å². The normalized spacial score (nSPS) is 11.1. The molecule has 0 radical (unpaired) electrons. The van der Waals surface area contributed by atoms with Crippen molar-refractivity contribution in [1.29, 1.82) is 0 Å². The maximum Gasteiger partial charge on any atom is 0.240 e. The van der Waals surface area contributed by atoms with E-state index < -0.39 is 10.0 Å². The number of sulfonamides is 1. The highest BCUT2D eigenvalue weighted by Gasteiger charge is 2.21. The zero-order chi connectivity index (χ0) is 21.3. The van der Waals surface area contributed by atoms with Crippen molar-refractivity contribution in [3.63, 3.8) is 0 Å². The number of nitrogens with one attached hydrogen (secondary N) is 1. The summed E-state index contributed by atoms with van der Waals surface area (Å²) in [6, 6.07) is 14.8. The smallest absolute Gasteiger partial charge is 0.240 e. The minimum atomic E-state index is -3.65. The van der Waals surface area contributed by atoms with Crippen LogP contribution >= 0.6 is 23.4 Å². The van der Waals surface area contributed by atoms with Gasteiger partial charge in [-0.25, -0.2) is 8.42 Å². The molecule has 1 N–H and O–H groups in total. The van der Waals surface area contributed by atoms with Gasteiger partial charge >= 0.3 is 0 Å². The third-order valence-electron chi connectivity index (χ3n) is 4.01. The van der Waals surface area contributed by atoms with Crippen molar-refractivity contribution in [3.8, 4) is 5.75 Å². The van der Waals surface area contributed by atoms with Crippen LogP contribution in [0, 0.1) is 0 Å². The van der Waals surface area contributed by atoms with Crippen LogP contribution < -0.4 is 14.4 Å². The molecule has 2 rings (SSSR count). The maximum absolute atomic E-state index is 12.3. The molecular weight excluding hydrogens is 432 g/mol. The van der Waals surface area contributed by atoms with Gasteiger partial charge in [-0.3, -0.25) is 9.10 Å². The summed E-state index contributed by atoms with van der Waals surface area (Å²) in [5.41, 5.74) is 1.58. The lowest BCUT2D eigenvalue weighted by molar-refractivity contribution is -0.119. The second-order valence-electron chi connectivity index (χ2n) is 6.33. The molecule has 0 aliphatic rings. The largest absolute Gasteiger partial charge is 0.495 e. The number of benzene rings is 2. The number of nitrogens with zero attached hydrogens (tertiary/aromatic N) is 1. The van der Waals surface area contributed by atoms with Gasteiger partial charge in [0.1, 0.15) is 12.3 Å². The lowest BCUT2D eigenvalue weighted by Gasteiger charge is -2.22. The van der Waals surface area contributed by atoms with Crippen molar-refractivity contribution >= 4 is 45.0 Å². The number of carbonyl (C=O) groups is 1. The summed E-state index contributed by atoms with van der Waals surface area (Å²) in [4.78, 5) is 12.3. The third kappa shape index (κ3) is 7.79. The molecule has 6 nitrogen and oxygen atoms in total. The molecule has 29 heavy (non-hydrogen) atoms. The zero-order valence-corrected chi connectivity index (χ0v) is 18.8. The van der Waals surface area contributed by atoms with Crippen LogP contribution in [0.1, 0.15) is 12.0 Å². The fraction of sp³-hybridized carbons (Fsp3) is 0.350. The highest BCUT2D eigenvalue weighted by Crippen LogP contribution is 2.30. The Morgan fingerprint density at radius 3 is 2.55 bits per heavy atom. The van der Waals surface area contributed by atoms with Gasteiger partial charge in [0.15, 0.2) is 0 Å². The van der Waals surface area contributed by atoms with Crippen LogP contribution in [-0.2, 0) is 20.6 Å². The van der Waals surface area contributed by atoms with Gasteiger partial charge in [-0.2, -0.15) is 11.8 Å². The number of thioether (sulfide) groups is 1. The van der Waals surface area contributed by atoms with Gasteiger partial charge in [0.05, 0.1) is 24.1 Å². The molecule has 0 saturated carbocycles. The molecule has 0 aliphatic carbocycles. The number of anilines is 1. The van der Waals surface area contributed by atoms with E-state index in [1.807, 2.05) is 18.2 Å². The van der Waals surface area contributed by atoms with Crippen LogP contribution in [0.15, 0.2) is 48.5 Å². The molecule has 0 heterocycles. The van der Waals surface area contributed by atoms with Gasteiger partial charge in [-0.1, -0.05) is 41.9 Å². The van der Waals surface area contributed by atoms with Gasteiger partial charge < -0.3 is 10.1 Å². The minimum Gasteiger partial charge on any atom is -0.495 e. The molecule has 2 aromatic carbocycles. The zero-order valence-electron chi connectivity index (χ0n) is 16.4. The van der Waals surface area contributed by atoms with Gasteiger partial charge in [0, 0.05) is 12.3 Å². The molecule has 0 saturated heterocycles. The number of amides is 1. The Morgan fingerprint density at radius 2 is 1.93 bits per heavy atom. The second-order valence-corrected chi connectivity index (χ2v) is 9.75. The SMILES string of the molecule is COc1ccc(N(CC(=O)NCCCSCc2ccccc2)S(C)(=O)=O)cc1Cl. The van der Waals surface area contributed by atoms with E-state index in [1.165, 1.54) is 18.7 Å². The number of hydrogen-bond donors (Lipinski definition) is 1. The van der Waals surface area contributed by atoms with Crippen molar-refractivity contribution < 1.29 is 17.9 Å². The standard InChI is InChI=1S/C20H25ClN2O4S2/c1-27-19-10-9-17(13-18(19)21)23(29(2,25)26)14-20(24)22-11-6-12-28-15-16-7-4-3-5-8-16/h3-5,7-10,13H,6,11-12,14-15H2,1-2H3,(H,22,24). The summed E-state index contributed by atoms with van der Waals surface area (Å²) in [5.74, 6) is 1.89. The lowest BCUT2D eigenvalue weighted by Crippen LogP contribution is -2.40. The fourth-order valence-corrected chi connectivity index (χ4v) is 4.58. The van der Waals surface area contributed by atoms with Crippen LogP contribution in [0.4, 0.5) is 5.69 Å². The highest BCUT2D eigenvalue weighted by atomic mass is 35.5. The Balaban J connectivity index is 1.82. The van der Waals surface area contributed by atoms with Crippen molar-refractivity contribution in [2.45, 2.75) is 12.2 Å². The first-order chi connectivity index (χ1) is 13.8.